The van der Waals surface area contributed by atoms with Crippen LogP contribution >= 0.6 is 11.6 Å². The highest BCUT2D eigenvalue weighted by Crippen LogP contribution is 2.26. The molecule has 3 rings (SSSR count). The predicted molar refractivity (Wildman–Crippen MR) is 86.9 cm³/mol. The Labute approximate surface area is 137 Å². The molecule has 2 aromatic carbocycles. The summed E-state index contributed by atoms with van der Waals surface area (Å²) in [5.41, 5.74) is 1.38. The number of halogens is 1. The lowest BCUT2D eigenvalue weighted by Gasteiger charge is -2.12. The Balaban J connectivity index is 1.70. The summed E-state index contributed by atoms with van der Waals surface area (Å²) in [4.78, 5) is 12.0. The number of benzene rings is 2. The van der Waals surface area contributed by atoms with E-state index in [1.54, 1.807) is 22.8 Å². The molecule has 0 fully saturated rings. The Morgan fingerprint density at radius 1 is 1.13 bits per heavy atom. The van der Waals surface area contributed by atoms with E-state index in [1.165, 1.54) is 12.7 Å². The fraction of sp³-hybridized carbons (Fsp3) is 0.0625. The minimum Gasteiger partial charge on any atom is -0.482 e. The number of aromatic nitrogens is 3. The van der Waals surface area contributed by atoms with Crippen molar-refractivity contribution < 1.29 is 9.53 Å². The fourth-order valence-electron chi connectivity index (χ4n) is 2.00. The first-order valence-electron chi connectivity index (χ1n) is 6.84. The second kappa shape index (κ2) is 6.93. The number of carbonyl (C=O) groups excluding carboxylic acids is 1. The smallest absolute Gasteiger partial charge is 0.262 e. The minimum absolute atomic E-state index is 0.119. The fourth-order valence-corrected chi connectivity index (χ4v) is 2.17. The summed E-state index contributed by atoms with van der Waals surface area (Å²) >= 11 is 6.01. The molecule has 3 aromatic rings. The minimum atomic E-state index is -0.249. The molecule has 0 saturated carbocycles. The monoisotopic (exact) mass is 328 g/mol. The van der Waals surface area contributed by atoms with Crippen LogP contribution in [0, 0.1) is 0 Å². The highest BCUT2D eigenvalue weighted by Gasteiger charge is 2.10. The molecule has 0 aliphatic rings. The average molecular weight is 329 g/mol. The quantitative estimate of drug-likeness (QED) is 0.782. The topological polar surface area (TPSA) is 69.0 Å². The standard InChI is InChI=1S/C16H13ClN4O2/c17-12-6-7-15(14(8-12)21-10-18-19-11-21)23-9-16(22)20-13-4-2-1-3-5-13/h1-8,10-11H,9H2,(H,20,22). The number of hydrogen-bond donors (Lipinski definition) is 1. The van der Waals surface area contributed by atoms with Crippen LogP contribution in [0.25, 0.3) is 5.69 Å². The molecule has 0 unspecified atom stereocenters. The maximum Gasteiger partial charge on any atom is 0.262 e. The van der Waals surface area contributed by atoms with Gasteiger partial charge in [0.1, 0.15) is 18.4 Å². The zero-order chi connectivity index (χ0) is 16.1. The molecular weight excluding hydrogens is 316 g/mol. The molecule has 0 spiro atoms. The van der Waals surface area contributed by atoms with E-state index in [1.807, 2.05) is 30.3 Å². The first kappa shape index (κ1) is 15.1. The summed E-state index contributed by atoms with van der Waals surface area (Å²) in [5.74, 6) is 0.262. The number of rotatable bonds is 5. The van der Waals surface area contributed by atoms with Crippen LogP contribution in [-0.2, 0) is 4.79 Å². The predicted octanol–water partition coefficient (Wildman–Crippen LogP) is 2.94. The summed E-state index contributed by atoms with van der Waals surface area (Å²) in [6, 6.07) is 14.3. The second-order valence-corrected chi connectivity index (χ2v) is 5.12. The maximum atomic E-state index is 12.0. The second-order valence-electron chi connectivity index (χ2n) is 4.68. The van der Waals surface area contributed by atoms with Crippen LogP contribution in [0.4, 0.5) is 5.69 Å². The third kappa shape index (κ3) is 3.87. The lowest BCUT2D eigenvalue weighted by atomic mass is 10.3. The van der Waals surface area contributed by atoms with Crippen molar-refractivity contribution in [3.63, 3.8) is 0 Å². The van der Waals surface area contributed by atoms with E-state index in [-0.39, 0.29) is 12.5 Å². The van der Waals surface area contributed by atoms with Crippen LogP contribution in [0.15, 0.2) is 61.2 Å². The van der Waals surface area contributed by atoms with E-state index >= 15 is 0 Å². The molecule has 1 N–H and O–H groups in total. The Bertz CT molecular complexity index is 791. The van der Waals surface area contributed by atoms with Gasteiger partial charge in [0.25, 0.3) is 5.91 Å². The molecule has 1 amide bonds. The van der Waals surface area contributed by atoms with Crippen LogP contribution in [0.5, 0.6) is 5.75 Å². The summed E-state index contributed by atoms with van der Waals surface area (Å²) in [5, 5.41) is 10.8. The first-order valence-corrected chi connectivity index (χ1v) is 7.22. The van der Waals surface area contributed by atoms with E-state index in [0.29, 0.717) is 16.5 Å². The van der Waals surface area contributed by atoms with Crippen molar-refractivity contribution in [1.82, 2.24) is 14.8 Å². The molecule has 23 heavy (non-hydrogen) atoms. The summed E-state index contributed by atoms with van der Waals surface area (Å²) in [6.07, 6.45) is 3.06. The van der Waals surface area contributed by atoms with Gasteiger partial charge in [-0.15, -0.1) is 10.2 Å². The number of amides is 1. The van der Waals surface area contributed by atoms with Crippen molar-refractivity contribution >= 4 is 23.2 Å². The maximum absolute atomic E-state index is 12.0. The van der Waals surface area contributed by atoms with Gasteiger partial charge >= 0.3 is 0 Å². The van der Waals surface area contributed by atoms with Crippen LogP contribution in [0.1, 0.15) is 0 Å². The van der Waals surface area contributed by atoms with Gasteiger partial charge in [0.05, 0.1) is 5.69 Å². The van der Waals surface area contributed by atoms with Crippen LogP contribution in [0.3, 0.4) is 0 Å². The highest BCUT2D eigenvalue weighted by atomic mass is 35.5. The van der Waals surface area contributed by atoms with Crippen molar-refractivity contribution in [1.29, 1.82) is 0 Å². The van der Waals surface area contributed by atoms with Gasteiger partial charge in [-0.1, -0.05) is 29.8 Å². The van der Waals surface area contributed by atoms with Gasteiger partial charge in [0.15, 0.2) is 6.61 Å². The molecule has 0 radical (unpaired) electrons. The van der Waals surface area contributed by atoms with Gasteiger partial charge in [-0.25, -0.2) is 0 Å². The zero-order valence-corrected chi connectivity index (χ0v) is 12.8. The van der Waals surface area contributed by atoms with Gasteiger partial charge < -0.3 is 10.1 Å². The van der Waals surface area contributed by atoms with Crippen molar-refractivity contribution in [2.45, 2.75) is 0 Å². The molecule has 7 heteroatoms. The molecule has 6 nitrogen and oxygen atoms in total. The van der Waals surface area contributed by atoms with E-state index in [2.05, 4.69) is 15.5 Å². The molecular formula is C16H13ClN4O2. The molecule has 0 aliphatic carbocycles. The summed E-state index contributed by atoms with van der Waals surface area (Å²) < 4.78 is 7.27. The van der Waals surface area contributed by atoms with Gasteiger partial charge in [-0.05, 0) is 30.3 Å². The largest absolute Gasteiger partial charge is 0.482 e. The highest BCUT2D eigenvalue weighted by molar-refractivity contribution is 6.30. The third-order valence-electron chi connectivity index (χ3n) is 3.03. The van der Waals surface area contributed by atoms with Gasteiger partial charge in [0, 0.05) is 10.7 Å². The zero-order valence-electron chi connectivity index (χ0n) is 12.0. The van der Waals surface area contributed by atoms with Crippen molar-refractivity contribution in [3.8, 4) is 11.4 Å². The molecule has 0 atom stereocenters. The Morgan fingerprint density at radius 2 is 1.87 bits per heavy atom. The lowest BCUT2D eigenvalue weighted by molar-refractivity contribution is -0.118. The molecule has 1 heterocycles. The molecule has 116 valence electrons. The molecule has 0 aliphatic heterocycles. The number of nitrogens with zero attached hydrogens (tertiary/aromatic N) is 3. The summed E-state index contributed by atoms with van der Waals surface area (Å²) in [7, 11) is 0. The van der Waals surface area contributed by atoms with Crippen LogP contribution in [-0.4, -0.2) is 27.3 Å². The van der Waals surface area contributed by atoms with Gasteiger partial charge in [-0.2, -0.15) is 0 Å². The number of carbonyl (C=O) groups is 1. The number of para-hydroxylation sites is 1. The third-order valence-corrected chi connectivity index (χ3v) is 3.27. The Hall–Kier alpha value is -2.86. The van der Waals surface area contributed by atoms with E-state index < -0.39 is 0 Å². The summed E-state index contributed by atoms with van der Waals surface area (Å²) in [6.45, 7) is -0.119. The number of ether oxygens (including phenoxy) is 1. The lowest BCUT2D eigenvalue weighted by Crippen LogP contribution is -2.20. The Kier molecular flexibility index (Phi) is 4.54. The number of nitrogens with one attached hydrogen (secondary N) is 1. The SMILES string of the molecule is O=C(COc1ccc(Cl)cc1-n1cnnc1)Nc1ccccc1. The van der Waals surface area contributed by atoms with Crippen molar-refractivity contribution in [3.05, 3.63) is 66.2 Å². The molecule has 0 bridgehead atoms. The van der Waals surface area contributed by atoms with E-state index in [4.69, 9.17) is 16.3 Å². The van der Waals surface area contributed by atoms with Crippen molar-refractivity contribution in [2.24, 2.45) is 0 Å². The Morgan fingerprint density at radius 3 is 2.61 bits per heavy atom. The van der Waals surface area contributed by atoms with Gasteiger partial charge in [-0.3, -0.25) is 9.36 Å². The average Bonchev–Trinajstić information content (AvgIpc) is 3.09. The molecule has 0 saturated heterocycles. The van der Waals surface area contributed by atoms with Crippen molar-refractivity contribution in [2.75, 3.05) is 11.9 Å². The van der Waals surface area contributed by atoms with E-state index in [9.17, 15) is 4.79 Å². The number of anilines is 1. The normalized spacial score (nSPS) is 10.3. The van der Waals surface area contributed by atoms with E-state index in [0.717, 1.165) is 5.69 Å². The number of hydrogen-bond acceptors (Lipinski definition) is 4. The first-order chi connectivity index (χ1) is 11.2. The molecule has 1 aromatic heterocycles. The van der Waals surface area contributed by atoms with Crippen LogP contribution in [0.2, 0.25) is 5.02 Å². The van der Waals surface area contributed by atoms with Crippen LogP contribution < -0.4 is 10.1 Å². The van der Waals surface area contributed by atoms with Gasteiger partial charge in [0.2, 0.25) is 0 Å².